The highest BCUT2D eigenvalue weighted by atomic mass is 33.1. The van der Waals surface area contributed by atoms with Crippen LogP contribution in [0.25, 0.3) is 10.9 Å². The van der Waals surface area contributed by atoms with Gasteiger partial charge in [-0.2, -0.15) is 4.68 Å². The molecule has 1 heterocycles. The first-order valence-electron chi connectivity index (χ1n) is 5.28. The zero-order chi connectivity index (χ0) is 13.9. The van der Waals surface area contributed by atoms with Crippen molar-refractivity contribution < 1.29 is 9.09 Å². The van der Waals surface area contributed by atoms with Crippen molar-refractivity contribution in [2.24, 2.45) is 0 Å². The van der Waals surface area contributed by atoms with Crippen LogP contribution >= 0.6 is 28.5 Å². The van der Waals surface area contributed by atoms with E-state index in [1.165, 1.54) is 11.8 Å². The average Bonchev–Trinajstić information content (AvgIpc) is 2.46. The molecule has 1 unspecified atom stereocenters. The van der Waals surface area contributed by atoms with Gasteiger partial charge in [-0.15, -0.1) is 5.10 Å². The van der Waals surface area contributed by atoms with Crippen molar-refractivity contribution in [3.05, 3.63) is 34.6 Å². The van der Waals surface area contributed by atoms with Crippen molar-refractivity contribution in [1.82, 2.24) is 15.0 Å². The van der Waals surface area contributed by atoms with Gasteiger partial charge in [0.2, 0.25) is 0 Å². The summed E-state index contributed by atoms with van der Waals surface area (Å²) in [6.45, 7) is 0. The summed E-state index contributed by atoms with van der Waals surface area (Å²) in [5.41, 5.74) is 0.301. The fourth-order valence-electron chi connectivity index (χ4n) is 1.41. The zero-order valence-electron chi connectivity index (χ0n) is 10.3. The largest absolute Gasteiger partial charge is 0.317 e. The predicted octanol–water partition coefficient (Wildman–Crippen LogP) is 2.60. The van der Waals surface area contributed by atoms with Gasteiger partial charge < -0.3 is 4.52 Å². The second-order valence-electron chi connectivity index (χ2n) is 3.48. The van der Waals surface area contributed by atoms with Crippen molar-refractivity contribution in [3.63, 3.8) is 0 Å². The third kappa shape index (κ3) is 3.20. The highest BCUT2D eigenvalue weighted by molar-refractivity contribution is 8.88. The van der Waals surface area contributed by atoms with E-state index in [2.05, 4.69) is 10.3 Å². The van der Waals surface area contributed by atoms with Gasteiger partial charge in [-0.3, -0.25) is 9.36 Å². The molecule has 0 N–H and O–H groups in total. The average molecular weight is 317 g/mol. The Balaban J connectivity index is 2.30. The number of benzene rings is 1. The Morgan fingerprint density at radius 3 is 2.84 bits per heavy atom. The lowest BCUT2D eigenvalue weighted by atomic mass is 10.2. The maximum absolute atomic E-state index is 12.1. The molecule has 0 aliphatic rings. The molecular weight excluding hydrogens is 305 g/mol. The van der Waals surface area contributed by atoms with Gasteiger partial charge in [0.25, 0.3) is 5.56 Å². The van der Waals surface area contributed by atoms with Gasteiger partial charge in [-0.1, -0.05) is 28.7 Å². The van der Waals surface area contributed by atoms with Crippen molar-refractivity contribution in [1.29, 1.82) is 0 Å². The van der Waals surface area contributed by atoms with Crippen molar-refractivity contribution in [3.8, 4) is 0 Å². The second-order valence-corrected chi connectivity index (χ2v) is 11.1. The van der Waals surface area contributed by atoms with E-state index in [1.54, 1.807) is 30.5 Å². The van der Waals surface area contributed by atoms with Crippen LogP contribution in [0.5, 0.6) is 0 Å². The lowest BCUT2D eigenvalue weighted by Crippen LogP contribution is -2.23. The molecule has 1 atom stereocenters. The van der Waals surface area contributed by atoms with Crippen LogP contribution in [-0.4, -0.2) is 28.4 Å². The van der Waals surface area contributed by atoms with Crippen LogP contribution in [0.2, 0.25) is 0 Å². The van der Waals surface area contributed by atoms with Gasteiger partial charge in [0.1, 0.15) is 11.4 Å². The summed E-state index contributed by atoms with van der Waals surface area (Å²) in [4.78, 5) is 12.1. The number of nitrogens with zero attached hydrogens (tertiary/aromatic N) is 3. The third-order valence-corrected chi connectivity index (χ3v) is 9.81. The van der Waals surface area contributed by atoms with Crippen molar-refractivity contribution in [2.75, 3.05) is 13.4 Å². The quantitative estimate of drug-likeness (QED) is 0.785. The van der Waals surface area contributed by atoms with E-state index < -0.39 is 5.77 Å². The molecule has 19 heavy (non-hydrogen) atoms. The molecule has 6 nitrogen and oxygen atoms in total. The first-order chi connectivity index (χ1) is 9.09. The van der Waals surface area contributed by atoms with Crippen LogP contribution < -0.4 is 5.56 Å². The molecule has 0 saturated carbocycles. The molecule has 2 rings (SSSR count). The van der Waals surface area contributed by atoms with Gasteiger partial charge in [0.05, 0.1) is 5.39 Å². The number of aromatic nitrogens is 3. The van der Waals surface area contributed by atoms with Gasteiger partial charge in [-0.05, 0) is 29.8 Å². The van der Waals surface area contributed by atoms with Gasteiger partial charge in [0.15, 0.2) is 0 Å². The molecule has 0 aliphatic carbocycles. The molecule has 0 aliphatic heterocycles. The Bertz CT molecular complexity index is 683. The Morgan fingerprint density at radius 1 is 1.42 bits per heavy atom. The highest BCUT2D eigenvalue weighted by Crippen LogP contribution is 2.68. The summed E-state index contributed by atoms with van der Waals surface area (Å²) in [5, 5.41) is 8.28. The standard InChI is InChI=1S/C10H12N3O3PS2/c1-16-17(15,18-2)19-7-13-10(14)8-5-3-4-6-9(8)11-12-13/h3-6H,7H2,1-2H3. The molecular formula is C10H12N3O3PS2. The normalized spacial score (nSPS) is 14.4. The minimum atomic E-state index is -2.82. The Labute approximate surface area is 117 Å². The van der Waals surface area contributed by atoms with Gasteiger partial charge in [-0.25, -0.2) is 0 Å². The van der Waals surface area contributed by atoms with Crippen LogP contribution in [0.15, 0.2) is 29.1 Å². The fraction of sp³-hybridized carbons (Fsp3) is 0.300. The molecule has 0 saturated heterocycles. The van der Waals surface area contributed by atoms with E-state index in [0.717, 1.165) is 22.8 Å². The van der Waals surface area contributed by atoms with Gasteiger partial charge in [0, 0.05) is 7.11 Å². The highest BCUT2D eigenvalue weighted by Gasteiger charge is 2.21. The number of fused-ring (bicyclic) bond motifs is 1. The Morgan fingerprint density at radius 2 is 2.16 bits per heavy atom. The van der Waals surface area contributed by atoms with Crippen molar-refractivity contribution in [2.45, 2.75) is 5.88 Å². The molecule has 9 heteroatoms. The maximum Gasteiger partial charge on any atom is 0.314 e. The third-order valence-electron chi connectivity index (χ3n) is 2.41. The number of hydrogen-bond acceptors (Lipinski definition) is 7. The molecule has 102 valence electrons. The summed E-state index contributed by atoms with van der Waals surface area (Å²) in [6, 6.07) is 6.98. The molecule has 0 radical (unpaired) electrons. The van der Waals surface area contributed by atoms with E-state index in [4.69, 9.17) is 4.52 Å². The molecule has 1 aromatic carbocycles. The summed E-state index contributed by atoms with van der Waals surface area (Å²) in [6.07, 6.45) is 1.70. The predicted molar refractivity (Wildman–Crippen MR) is 79.5 cm³/mol. The minimum Gasteiger partial charge on any atom is -0.317 e. The molecule has 1 aromatic heterocycles. The molecule has 2 aromatic rings. The topological polar surface area (TPSA) is 74.1 Å². The van der Waals surface area contributed by atoms with Crippen molar-refractivity contribution >= 4 is 39.4 Å². The molecule has 0 amide bonds. The first-order valence-corrected chi connectivity index (χ1v) is 10.3. The molecule has 0 bridgehead atoms. The van der Waals surface area contributed by atoms with E-state index in [9.17, 15) is 9.36 Å². The first kappa shape index (κ1) is 14.6. The monoisotopic (exact) mass is 317 g/mol. The Kier molecular flexibility index (Phi) is 4.67. The zero-order valence-corrected chi connectivity index (χ0v) is 12.9. The lowest BCUT2D eigenvalue weighted by molar-refractivity contribution is 0.423. The summed E-state index contributed by atoms with van der Waals surface area (Å²) >= 11 is 2.19. The summed E-state index contributed by atoms with van der Waals surface area (Å²) < 4.78 is 18.2. The van der Waals surface area contributed by atoms with Crippen LogP contribution in [0.1, 0.15) is 0 Å². The number of hydrogen-bond donors (Lipinski definition) is 0. The lowest BCUT2D eigenvalue weighted by Gasteiger charge is -2.12. The summed E-state index contributed by atoms with van der Waals surface area (Å²) in [7, 11) is 1.39. The van der Waals surface area contributed by atoms with Crippen LogP contribution in [0, 0.1) is 0 Å². The van der Waals surface area contributed by atoms with E-state index in [0.29, 0.717) is 10.9 Å². The fourth-order valence-corrected chi connectivity index (χ4v) is 5.40. The van der Waals surface area contributed by atoms with Crippen LogP contribution in [-0.2, 0) is 15.0 Å². The maximum atomic E-state index is 12.1. The van der Waals surface area contributed by atoms with Crippen LogP contribution in [0.3, 0.4) is 0 Å². The smallest absolute Gasteiger partial charge is 0.314 e. The van der Waals surface area contributed by atoms with Crippen LogP contribution in [0.4, 0.5) is 0 Å². The minimum absolute atomic E-state index is 0.141. The second kappa shape index (κ2) is 6.09. The number of rotatable bonds is 5. The Hall–Kier alpha value is -0.820. The molecule has 0 spiro atoms. The summed E-state index contributed by atoms with van der Waals surface area (Å²) in [5.74, 6) is -2.68. The van der Waals surface area contributed by atoms with Gasteiger partial charge >= 0.3 is 5.77 Å². The van der Waals surface area contributed by atoms with E-state index in [1.807, 2.05) is 0 Å². The van der Waals surface area contributed by atoms with E-state index in [-0.39, 0.29) is 11.4 Å². The SMILES string of the molecule is COP(=O)(SC)SCn1nnc2ccccc2c1=O. The van der Waals surface area contributed by atoms with E-state index >= 15 is 0 Å². The molecule has 0 fully saturated rings.